The monoisotopic (exact) mass is 432 g/mol. The first-order chi connectivity index (χ1) is 15.5. The highest BCUT2D eigenvalue weighted by molar-refractivity contribution is 5.76. The van der Waals surface area contributed by atoms with E-state index >= 15 is 0 Å². The zero-order valence-corrected chi connectivity index (χ0v) is 18.8. The molecule has 0 spiro atoms. The van der Waals surface area contributed by atoms with Crippen LogP contribution in [0.5, 0.6) is 0 Å². The third kappa shape index (κ3) is 3.87. The second-order valence-corrected chi connectivity index (χ2v) is 9.04. The van der Waals surface area contributed by atoms with Gasteiger partial charge in [-0.2, -0.15) is 10.2 Å². The van der Waals surface area contributed by atoms with Gasteiger partial charge in [0, 0.05) is 23.5 Å². The van der Waals surface area contributed by atoms with Gasteiger partial charge in [0.25, 0.3) is 0 Å². The number of aryl methyl sites for hydroxylation is 1. The van der Waals surface area contributed by atoms with E-state index in [1.807, 2.05) is 38.5 Å². The molecule has 1 N–H and O–H groups in total. The molecule has 0 amide bonds. The summed E-state index contributed by atoms with van der Waals surface area (Å²) in [7, 11) is 0. The molecule has 1 aromatic carbocycles. The lowest BCUT2D eigenvalue weighted by molar-refractivity contribution is 0.240. The van der Waals surface area contributed by atoms with Gasteiger partial charge in [-0.25, -0.2) is 13.9 Å². The minimum absolute atomic E-state index is 0.0810. The molecule has 6 nitrogen and oxygen atoms in total. The van der Waals surface area contributed by atoms with Crippen LogP contribution in [0.25, 0.3) is 16.8 Å². The van der Waals surface area contributed by atoms with Crippen LogP contribution in [0, 0.1) is 18.7 Å². The first-order valence-electron chi connectivity index (χ1n) is 11.4. The largest absolute Gasteiger partial charge is 0.363 e. The Morgan fingerprint density at radius 2 is 1.97 bits per heavy atom. The van der Waals surface area contributed by atoms with Gasteiger partial charge < -0.3 is 5.32 Å². The van der Waals surface area contributed by atoms with Crippen LogP contribution in [0.2, 0.25) is 0 Å². The Morgan fingerprint density at radius 1 is 1.12 bits per heavy atom. The van der Waals surface area contributed by atoms with E-state index in [4.69, 9.17) is 4.98 Å². The topological polar surface area (TPSA) is 60.0 Å². The Labute approximate surface area is 187 Å². The summed E-state index contributed by atoms with van der Waals surface area (Å²) in [6, 6.07) is 7.14. The van der Waals surface area contributed by atoms with Gasteiger partial charge in [0.15, 0.2) is 5.65 Å². The second-order valence-electron chi connectivity index (χ2n) is 9.04. The number of nitrogens with zero attached hydrogens (tertiary/aromatic N) is 5. The number of anilines is 1. The molecule has 4 aromatic rings. The SMILES string of the molecule is Cc1ccc(F)cc1C(C)Nc1ccn2ncc(-c3cnn(C4CCCCC4C)c3)c2n1. The molecule has 1 fully saturated rings. The maximum atomic E-state index is 13.8. The Bertz CT molecular complexity index is 1240. The van der Waals surface area contributed by atoms with E-state index in [0.717, 1.165) is 33.7 Å². The summed E-state index contributed by atoms with van der Waals surface area (Å²) in [4.78, 5) is 4.82. The number of fused-ring (bicyclic) bond motifs is 1. The van der Waals surface area contributed by atoms with Crippen LogP contribution in [-0.2, 0) is 0 Å². The van der Waals surface area contributed by atoms with E-state index in [-0.39, 0.29) is 11.9 Å². The van der Waals surface area contributed by atoms with Crippen LogP contribution in [-0.4, -0.2) is 24.4 Å². The van der Waals surface area contributed by atoms with Gasteiger partial charge in [-0.3, -0.25) is 4.68 Å². The standard InChI is InChI=1S/C25H29FN6/c1-16-8-9-20(26)12-21(16)18(3)29-24-10-11-31-25(30-24)22(14-28-31)19-13-27-32(15-19)23-7-5-4-6-17(23)2/h8-15,17-18,23H,4-7H2,1-3H3,(H,29,30). The van der Waals surface area contributed by atoms with Crippen LogP contribution >= 0.6 is 0 Å². The first kappa shape index (κ1) is 20.7. The van der Waals surface area contributed by atoms with Gasteiger partial charge in [-0.15, -0.1) is 0 Å². The molecule has 0 bridgehead atoms. The Hall–Kier alpha value is -3.22. The number of hydrogen-bond acceptors (Lipinski definition) is 4. The zero-order chi connectivity index (χ0) is 22.2. The van der Waals surface area contributed by atoms with Crippen LogP contribution in [0.4, 0.5) is 10.2 Å². The van der Waals surface area contributed by atoms with Crippen molar-refractivity contribution in [3.63, 3.8) is 0 Å². The number of halogens is 1. The summed E-state index contributed by atoms with van der Waals surface area (Å²) in [5.74, 6) is 1.14. The van der Waals surface area contributed by atoms with Crippen LogP contribution in [0.15, 0.2) is 49.1 Å². The normalized spacial score (nSPS) is 19.9. The van der Waals surface area contributed by atoms with Crippen molar-refractivity contribution in [1.82, 2.24) is 24.4 Å². The van der Waals surface area contributed by atoms with E-state index in [1.165, 1.54) is 31.7 Å². The minimum Gasteiger partial charge on any atom is -0.363 e. The Kier molecular flexibility index (Phi) is 5.41. The van der Waals surface area contributed by atoms with E-state index in [2.05, 4.69) is 33.3 Å². The van der Waals surface area contributed by atoms with Crippen LogP contribution in [0.3, 0.4) is 0 Å². The van der Waals surface area contributed by atoms with Crippen molar-refractivity contribution in [3.8, 4) is 11.1 Å². The molecular weight excluding hydrogens is 403 g/mol. The molecule has 32 heavy (non-hydrogen) atoms. The molecule has 3 unspecified atom stereocenters. The van der Waals surface area contributed by atoms with Gasteiger partial charge in [0.2, 0.25) is 0 Å². The summed E-state index contributed by atoms with van der Waals surface area (Å²) < 4.78 is 17.7. The summed E-state index contributed by atoms with van der Waals surface area (Å²) in [6.45, 7) is 6.32. The Balaban J connectivity index is 1.43. The summed E-state index contributed by atoms with van der Waals surface area (Å²) >= 11 is 0. The summed E-state index contributed by atoms with van der Waals surface area (Å²) in [5, 5.41) is 12.6. The number of nitrogens with one attached hydrogen (secondary N) is 1. The van der Waals surface area contributed by atoms with Gasteiger partial charge in [0.05, 0.1) is 24.5 Å². The van der Waals surface area contributed by atoms with Gasteiger partial charge in [-0.1, -0.05) is 25.8 Å². The lowest BCUT2D eigenvalue weighted by Gasteiger charge is -2.28. The summed E-state index contributed by atoms with van der Waals surface area (Å²) in [5.41, 5.74) is 4.72. The fourth-order valence-electron chi connectivity index (χ4n) is 4.88. The molecule has 3 aromatic heterocycles. The minimum atomic E-state index is -0.231. The fraction of sp³-hybridized carbons (Fsp3) is 0.400. The molecule has 3 heterocycles. The molecule has 0 saturated heterocycles. The third-order valence-corrected chi connectivity index (χ3v) is 6.76. The molecule has 3 atom stereocenters. The molecule has 1 aliphatic carbocycles. The molecule has 166 valence electrons. The Morgan fingerprint density at radius 3 is 2.81 bits per heavy atom. The molecule has 5 rings (SSSR count). The van der Waals surface area contributed by atoms with Crippen molar-refractivity contribution in [3.05, 3.63) is 66.0 Å². The highest BCUT2D eigenvalue weighted by Crippen LogP contribution is 2.34. The average molecular weight is 433 g/mol. The van der Waals surface area contributed by atoms with E-state index < -0.39 is 0 Å². The van der Waals surface area contributed by atoms with Gasteiger partial charge in [-0.05, 0) is 61.9 Å². The van der Waals surface area contributed by atoms with Crippen molar-refractivity contribution in [2.75, 3.05) is 5.32 Å². The third-order valence-electron chi connectivity index (χ3n) is 6.76. The van der Waals surface area contributed by atoms with Gasteiger partial charge in [0.1, 0.15) is 11.6 Å². The van der Waals surface area contributed by atoms with E-state index in [1.54, 1.807) is 16.6 Å². The molecular formula is C25H29FN6. The number of benzene rings is 1. The second kappa shape index (κ2) is 8.37. The lowest BCUT2D eigenvalue weighted by Crippen LogP contribution is -2.21. The molecule has 0 aliphatic heterocycles. The summed E-state index contributed by atoms with van der Waals surface area (Å²) in [6.07, 6.45) is 12.8. The predicted octanol–water partition coefficient (Wildman–Crippen LogP) is 5.96. The lowest BCUT2D eigenvalue weighted by atomic mass is 9.86. The zero-order valence-electron chi connectivity index (χ0n) is 18.8. The van der Waals surface area contributed by atoms with Crippen molar-refractivity contribution < 1.29 is 4.39 Å². The van der Waals surface area contributed by atoms with Crippen molar-refractivity contribution >= 4 is 11.5 Å². The smallest absolute Gasteiger partial charge is 0.165 e. The fourth-order valence-corrected chi connectivity index (χ4v) is 4.88. The molecule has 7 heteroatoms. The molecule has 1 aliphatic rings. The first-order valence-corrected chi connectivity index (χ1v) is 11.4. The highest BCUT2D eigenvalue weighted by Gasteiger charge is 2.24. The number of rotatable bonds is 5. The van der Waals surface area contributed by atoms with E-state index in [9.17, 15) is 4.39 Å². The molecule has 1 saturated carbocycles. The van der Waals surface area contributed by atoms with Crippen molar-refractivity contribution in [2.45, 2.75) is 58.5 Å². The van der Waals surface area contributed by atoms with Crippen LogP contribution in [0.1, 0.15) is 62.7 Å². The van der Waals surface area contributed by atoms with Gasteiger partial charge >= 0.3 is 0 Å². The van der Waals surface area contributed by atoms with Crippen molar-refractivity contribution in [1.29, 1.82) is 0 Å². The maximum Gasteiger partial charge on any atom is 0.165 e. The number of hydrogen-bond donors (Lipinski definition) is 1. The van der Waals surface area contributed by atoms with Crippen LogP contribution < -0.4 is 5.32 Å². The number of aromatic nitrogens is 5. The average Bonchev–Trinajstić information content (AvgIpc) is 3.42. The predicted molar refractivity (Wildman–Crippen MR) is 124 cm³/mol. The maximum absolute atomic E-state index is 13.8. The molecule has 0 radical (unpaired) electrons. The van der Waals surface area contributed by atoms with E-state index in [0.29, 0.717) is 12.0 Å². The highest BCUT2D eigenvalue weighted by atomic mass is 19.1. The quantitative estimate of drug-likeness (QED) is 0.422. The van der Waals surface area contributed by atoms with Crippen molar-refractivity contribution in [2.24, 2.45) is 5.92 Å².